The van der Waals surface area contributed by atoms with Crippen molar-refractivity contribution in [3.05, 3.63) is 58.6 Å². The van der Waals surface area contributed by atoms with Crippen LogP contribution in [0.25, 0.3) is 0 Å². The van der Waals surface area contributed by atoms with Crippen molar-refractivity contribution < 1.29 is 19.1 Å². The summed E-state index contributed by atoms with van der Waals surface area (Å²) >= 11 is 5.84. The Labute approximate surface area is 150 Å². The van der Waals surface area contributed by atoms with E-state index < -0.39 is 0 Å². The van der Waals surface area contributed by atoms with E-state index in [2.05, 4.69) is 10.6 Å². The second-order valence-electron chi connectivity index (χ2n) is 5.45. The minimum atomic E-state index is -0.350. The lowest BCUT2D eigenvalue weighted by Gasteiger charge is -2.19. The Kier molecular flexibility index (Phi) is 5.40. The van der Waals surface area contributed by atoms with Crippen molar-refractivity contribution in [1.82, 2.24) is 10.6 Å². The van der Waals surface area contributed by atoms with Gasteiger partial charge in [-0.2, -0.15) is 0 Å². The van der Waals surface area contributed by atoms with E-state index in [9.17, 15) is 9.59 Å². The van der Waals surface area contributed by atoms with Gasteiger partial charge in [0.25, 0.3) is 5.91 Å². The molecule has 0 saturated heterocycles. The first-order valence-corrected chi connectivity index (χ1v) is 8.18. The summed E-state index contributed by atoms with van der Waals surface area (Å²) in [6.07, 6.45) is 0. The Morgan fingerprint density at radius 3 is 2.60 bits per heavy atom. The van der Waals surface area contributed by atoms with E-state index >= 15 is 0 Å². The molecule has 2 aromatic carbocycles. The van der Waals surface area contributed by atoms with Gasteiger partial charge in [0, 0.05) is 17.1 Å². The molecule has 0 fully saturated rings. The highest BCUT2D eigenvalue weighted by Crippen LogP contribution is 2.30. The predicted octanol–water partition coefficient (Wildman–Crippen LogP) is 2.16. The standard InChI is InChI=1S/C18H17ClN2O4/c19-14-3-1-2-13(9-14)18(23)21-11-17(22)20-10-12-4-5-15-16(8-12)25-7-6-24-15/h1-5,8-9H,6-7,10-11H2,(H,20,22)(H,21,23). The highest BCUT2D eigenvalue weighted by Gasteiger charge is 2.12. The van der Waals surface area contributed by atoms with Crippen LogP contribution in [-0.2, 0) is 11.3 Å². The van der Waals surface area contributed by atoms with Gasteiger partial charge in [-0.3, -0.25) is 9.59 Å². The summed E-state index contributed by atoms with van der Waals surface area (Å²) in [5, 5.41) is 5.77. The third-order valence-corrected chi connectivity index (χ3v) is 3.83. The maximum Gasteiger partial charge on any atom is 0.251 e. The molecule has 1 aliphatic rings. The predicted molar refractivity (Wildman–Crippen MR) is 93.1 cm³/mol. The molecule has 2 aromatic rings. The number of fused-ring (bicyclic) bond motifs is 1. The summed E-state index contributed by atoms with van der Waals surface area (Å²) in [6, 6.07) is 12.0. The van der Waals surface area contributed by atoms with E-state index in [4.69, 9.17) is 21.1 Å². The van der Waals surface area contributed by atoms with Crippen molar-refractivity contribution in [2.45, 2.75) is 6.54 Å². The zero-order chi connectivity index (χ0) is 17.6. The molecule has 0 spiro atoms. The van der Waals surface area contributed by atoms with Crippen LogP contribution in [0.3, 0.4) is 0 Å². The Morgan fingerprint density at radius 2 is 1.80 bits per heavy atom. The van der Waals surface area contributed by atoms with Crippen LogP contribution in [0.4, 0.5) is 0 Å². The fraction of sp³-hybridized carbons (Fsp3) is 0.222. The highest BCUT2D eigenvalue weighted by atomic mass is 35.5. The third kappa shape index (κ3) is 4.64. The molecule has 0 saturated carbocycles. The van der Waals surface area contributed by atoms with Gasteiger partial charge in [-0.25, -0.2) is 0 Å². The number of nitrogens with one attached hydrogen (secondary N) is 2. The van der Waals surface area contributed by atoms with Crippen molar-refractivity contribution in [2.75, 3.05) is 19.8 Å². The number of benzene rings is 2. The van der Waals surface area contributed by atoms with Crippen LogP contribution < -0.4 is 20.1 Å². The van der Waals surface area contributed by atoms with Crippen LogP contribution in [0.1, 0.15) is 15.9 Å². The number of hydrogen-bond acceptors (Lipinski definition) is 4. The normalized spacial score (nSPS) is 12.4. The monoisotopic (exact) mass is 360 g/mol. The van der Waals surface area contributed by atoms with Crippen LogP contribution in [0, 0.1) is 0 Å². The van der Waals surface area contributed by atoms with Crippen molar-refractivity contribution in [2.24, 2.45) is 0 Å². The second-order valence-corrected chi connectivity index (χ2v) is 5.88. The van der Waals surface area contributed by atoms with E-state index in [0.717, 1.165) is 5.56 Å². The molecular formula is C18H17ClN2O4. The van der Waals surface area contributed by atoms with Gasteiger partial charge < -0.3 is 20.1 Å². The highest BCUT2D eigenvalue weighted by molar-refractivity contribution is 6.30. The van der Waals surface area contributed by atoms with Crippen LogP contribution in [-0.4, -0.2) is 31.6 Å². The summed E-state index contributed by atoms with van der Waals surface area (Å²) < 4.78 is 11.0. The third-order valence-electron chi connectivity index (χ3n) is 3.59. The summed E-state index contributed by atoms with van der Waals surface area (Å²) in [6.45, 7) is 1.27. The van der Waals surface area contributed by atoms with Crippen molar-refractivity contribution in [1.29, 1.82) is 0 Å². The number of hydrogen-bond donors (Lipinski definition) is 2. The van der Waals surface area contributed by atoms with E-state index in [1.807, 2.05) is 18.2 Å². The van der Waals surface area contributed by atoms with Crippen LogP contribution in [0.5, 0.6) is 11.5 Å². The molecule has 130 valence electrons. The first-order valence-electron chi connectivity index (χ1n) is 7.81. The topological polar surface area (TPSA) is 76.7 Å². The number of carbonyl (C=O) groups excluding carboxylic acids is 2. The molecule has 1 aliphatic heterocycles. The van der Waals surface area contributed by atoms with E-state index in [0.29, 0.717) is 41.8 Å². The number of carbonyl (C=O) groups is 2. The first-order chi connectivity index (χ1) is 12.1. The number of rotatable bonds is 5. The van der Waals surface area contributed by atoms with Crippen molar-refractivity contribution >= 4 is 23.4 Å². The van der Waals surface area contributed by atoms with E-state index in [1.165, 1.54) is 0 Å². The summed E-state index contributed by atoms with van der Waals surface area (Å²) in [5.41, 5.74) is 1.30. The Morgan fingerprint density at radius 1 is 1.00 bits per heavy atom. The van der Waals surface area contributed by atoms with Gasteiger partial charge in [-0.05, 0) is 35.9 Å². The molecular weight excluding hydrogens is 344 g/mol. The largest absolute Gasteiger partial charge is 0.486 e. The maximum absolute atomic E-state index is 12.0. The van der Waals surface area contributed by atoms with Crippen molar-refractivity contribution in [3.8, 4) is 11.5 Å². The SMILES string of the molecule is O=C(CNC(=O)c1cccc(Cl)c1)NCc1ccc2c(c1)OCCO2. The van der Waals surface area contributed by atoms with E-state index in [1.54, 1.807) is 24.3 Å². The van der Waals surface area contributed by atoms with Gasteiger partial charge in [0.2, 0.25) is 5.91 Å². The summed E-state index contributed by atoms with van der Waals surface area (Å²) in [5.74, 6) is 0.740. The van der Waals surface area contributed by atoms with Crippen molar-refractivity contribution in [3.63, 3.8) is 0 Å². The Hall–Kier alpha value is -2.73. The molecule has 0 aliphatic carbocycles. The number of amides is 2. The molecule has 0 bridgehead atoms. The van der Waals surface area contributed by atoms with E-state index in [-0.39, 0.29) is 18.4 Å². The minimum Gasteiger partial charge on any atom is -0.486 e. The van der Waals surface area contributed by atoms with Gasteiger partial charge in [0.05, 0.1) is 6.54 Å². The molecule has 0 aromatic heterocycles. The molecule has 7 heteroatoms. The van der Waals surface area contributed by atoms with Gasteiger partial charge in [-0.1, -0.05) is 23.7 Å². The zero-order valence-electron chi connectivity index (χ0n) is 13.4. The minimum absolute atomic E-state index is 0.115. The summed E-state index contributed by atoms with van der Waals surface area (Å²) in [7, 11) is 0. The lowest BCUT2D eigenvalue weighted by molar-refractivity contribution is -0.120. The summed E-state index contributed by atoms with van der Waals surface area (Å²) in [4.78, 5) is 23.9. The molecule has 1 heterocycles. The smallest absolute Gasteiger partial charge is 0.251 e. The van der Waals surface area contributed by atoms with Crippen LogP contribution in [0.2, 0.25) is 5.02 Å². The molecule has 25 heavy (non-hydrogen) atoms. The van der Waals surface area contributed by atoms with Crippen LogP contribution in [0.15, 0.2) is 42.5 Å². The van der Waals surface area contributed by atoms with Gasteiger partial charge in [0.1, 0.15) is 13.2 Å². The average Bonchev–Trinajstić information content (AvgIpc) is 2.64. The van der Waals surface area contributed by atoms with Gasteiger partial charge >= 0.3 is 0 Å². The average molecular weight is 361 g/mol. The molecule has 2 N–H and O–H groups in total. The maximum atomic E-state index is 12.0. The molecule has 0 atom stereocenters. The molecule has 3 rings (SSSR count). The quantitative estimate of drug-likeness (QED) is 0.856. The Balaban J connectivity index is 1.47. The molecule has 6 nitrogen and oxygen atoms in total. The molecule has 0 radical (unpaired) electrons. The van der Waals surface area contributed by atoms with Gasteiger partial charge in [0.15, 0.2) is 11.5 Å². The van der Waals surface area contributed by atoms with Crippen LogP contribution >= 0.6 is 11.6 Å². The van der Waals surface area contributed by atoms with Gasteiger partial charge in [-0.15, -0.1) is 0 Å². The molecule has 0 unspecified atom stereocenters. The Bertz CT molecular complexity index is 794. The zero-order valence-corrected chi connectivity index (χ0v) is 14.1. The fourth-order valence-electron chi connectivity index (χ4n) is 2.35. The first kappa shape index (κ1) is 17.1. The lowest BCUT2D eigenvalue weighted by Crippen LogP contribution is -2.36. The molecule has 2 amide bonds. The lowest BCUT2D eigenvalue weighted by atomic mass is 10.2. The number of halogens is 1. The number of ether oxygens (including phenoxy) is 2. The second kappa shape index (κ2) is 7.90. The fourth-order valence-corrected chi connectivity index (χ4v) is 2.54.